The molecule has 1 N–H and O–H groups in total. The van der Waals surface area contributed by atoms with Gasteiger partial charge in [-0.25, -0.2) is 0 Å². The van der Waals surface area contributed by atoms with Crippen LogP contribution in [0, 0.1) is 0 Å². The maximum absolute atomic E-state index is 11.2. The van der Waals surface area contributed by atoms with Gasteiger partial charge >= 0.3 is 6.72 Å². The van der Waals surface area contributed by atoms with Crippen molar-refractivity contribution in [3.63, 3.8) is 0 Å². The number of carbonyl (C=O) groups excluding carboxylic acids is 1. The summed E-state index contributed by atoms with van der Waals surface area (Å²) in [4.78, 5) is 10.4. The van der Waals surface area contributed by atoms with Gasteiger partial charge in [0.05, 0.1) is 0 Å². The average Bonchev–Trinajstić information content (AvgIpc) is 1.87. The first-order valence-electron chi connectivity index (χ1n) is 2.54. The number of carbonyl (C=O) groups is 1. The van der Waals surface area contributed by atoms with E-state index in [4.69, 9.17) is 0 Å². The van der Waals surface area contributed by atoms with E-state index in [1.807, 2.05) is 0 Å². The average molecular weight is 247 g/mol. The van der Waals surface area contributed by atoms with Crippen LogP contribution in [0.1, 0.15) is 6.92 Å². The summed E-state index contributed by atoms with van der Waals surface area (Å²) in [5, 5.41) is 2.21. The van der Waals surface area contributed by atoms with Crippen LogP contribution in [0.4, 0.5) is 0 Å². The molecule has 0 aromatic heterocycles. The molecule has 0 heterocycles. The van der Waals surface area contributed by atoms with Crippen molar-refractivity contribution >= 4 is 24.0 Å². The Morgan fingerprint density at radius 3 is 2.18 bits per heavy atom. The Labute approximate surface area is 80.6 Å². The first-order chi connectivity index (χ1) is 4.54. The fourth-order valence-corrected chi connectivity index (χ4v) is 2.18. The molecule has 1 radical (unpaired) electrons. The van der Waals surface area contributed by atoms with Crippen LogP contribution in [0.25, 0.3) is 0 Å². The third-order valence-electron chi connectivity index (χ3n) is 0.775. The van der Waals surface area contributed by atoms with Gasteiger partial charge < -0.3 is 4.52 Å². The van der Waals surface area contributed by atoms with E-state index >= 15 is 0 Å². The van der Waals surface area contributed by atoms with Gasteiger partial charge in [0.2, 0.25) is 5.91 Å². The minimum atomic E-state index is -2.92. The van der Waals surface area contributed by atoms with E-state index in [1.165, 1.54) is 14.0 Å². The number of rotatable bonds is 3. The molecule has 0 aliphatic heterocycles. The van der Waals surface area contributed by atoms with E-state index in [-0.39, 0.29) is 23.0 Å². The molecule has 0 spiro atoms. The molecule has 0 aromatic rings. The number of nitrogens with one attached hydrogen (secondary N) is 1. The van der Waals surface area contributed by atoms with Crippen molar-refractivity contribution in [1.29, 1.82) is 0 Å². The van der Waals surface area contributed by atoms with Crippen molar-refractivity contribution in [2.24, 2.45) is 0 Å². The first-order valence-corrected chi connectivity index (χ1v) is 6.00. The normalized spacial score (nSPS) is 14.5. The molecule has 0 rings (SSSR count). The summed E-state index contributed by atoms with van der Waals surface area (Å²) in [5.74, 6) is -0.348. The summed E-state index contributed by atoms with van der Waals surface area (Å²) in [5.41, 5.74) is 0. The molecule has 0 bridgehead atoms. The van der Waals surface area contributed by atoms with Crippen LogP contribution in [0.15, 0.2) is 0 Å². The summed E-state index contributed by atoms with van der Waals surface area (Å²) < 4.78 is 15.8. The van der Waals surface area contributed by atoms with Crippen molar-refractivity contribution in [2.45, 2.75) is 6.92 Å². The molecular formula is C4H10CuNO3PS. The second-order valence-electron chi connectivity index (χ2n) is 1.53. The molecule has 11 heavy (non-hydrogen) atoms. The Bertz CT molecular complexity index is 169. The third kappa shape index (κ3) is 5.76. The van der Waals surface area contributed by atoms with Crippen LogP contribution in [0.2, 0.25) is 0 Å². The molecule has 4 nitrogen and oxygen atoms in total. The first kappa shape index (κ1) is 14.1. The van der Waals surface area contributed by atoms with Gasteiger partial charge in [0.1, 0.15) is 0 Å². The van der Waals surface area contributed by atoms with Gasteiger partial charge in [-0.05, 0) is 6.26 Å². The SMILES string of the molecule is COP(=O)(NC(C)=O)SC.[Cu]. The summed E-state index contributed by atoms with van der Waals surface area (Å²) in [7, 11) is 1.30. The molecule has 0 saturated carbocycles. The van der Waals surface area contributed by atoms with Gasteiger partial charge in [-0.2, -0.15) is 0 Å². The van der Waals surface area contributed by atoms with E-state index in [0.717, 1.165) is 11.4 Å². The van der Waals surface area contributed by atoms with Crippen LogP contribution in [-0.4, -0.2) is 19.3 Å². The van der Waals surface area contributed by atoms with Crippen LogP contribution >= 0.6 is 18.1 Å². The molecule has 71 valence electrons. The molecule has 0 aliphatic carbocycles. The van der Waals surface area contributed by atoms with Gasteiger partial charge in [-0.1, -0.05) is 11.4 Å². The smallest absolute Gasteiger partial charge is 0.309 e. The second kappa shape index (κ2) is 6.09. The van der Waals surface area contributed by atoms with Crippen molar-refractivity contribution < 1.29 is 31.0 Å². The van der Waals surface area contributed by atoms with Crippen molar-refractivity contribution in [2.75, 3.05) is 13.4 Å². The van der Waals surface area contributed by atoms with E-state index in [2.05, 4.69) is 9.61 Å². The minimum absolute atomic E-state index is 0. The Morgan fingerprint density at radius 1 is 1.64 bits per heavy atom. The van der Waals surface area contributed by atoms with Crippen LogP contribution in [0.5, 0.6) is 0 Å². The fraction of sp³-hybridized carbons (Fsp3) is 0.750. The van der Waals surface area contributed by atoms with Crippen LogP contribution in [0.3, 0.4) is 0 Å². The van der Waals surface area contributed by atoms with E-state index in [0.29, 0.717) is 0 Å². The minimum Gasteiger partial charge on any atom is -0.309 e. The maximum atomic E-state index is 11.2. The maximum Gasteiger partial charge on any atom is 0.352 e. The molecule has 0 fully saturated rings. The standard InChI is InChI=1S/C4H10NO3PS.Cu/c1-4(6)5-9(7,8-2)10-3;/h1-3H3,(H,5,6,7);. The van der Waals surface area contributed by atoms with Gasteiger partial charge in [-0.3, -0.25) is 14.4 Å². The molecule has 0 aromatic carbocycles. The largest absolute Gasteiger partial charge is 0.352 e. The Hall–Kier alpha value is 0.529. The predicted molar refractivity (Wildman–Crippen MR) is 41.9 cm³/mol. The summed E-state index contributed by atoms with van der Waals surface area (Å²) in [6.07, 6.45) is 1.61. The Balaban J connectivity index is 0. The molecule has 1 unspecified atom stereocenters. The zero-order chi connectivity index (χ0) is 8.20. The Kier molecular flexibility index (Phi) is 7.79. The molecule has 0 saturated heterocycles. The molecule has 0 aliphatic rings. The number of amides is 1. The van der Waals surface area contributed by atoms with Crippen molar-refractivity contribution in [3.05, 3.63) is 0 Å². The third-order valence-corrected chi connectivity index (χ3v) is 4.49. The quantitative estimate of drug-likeness (QED) is 0.601. The molecule has 7 heteroatoms. The topological polar surface area (TPSA) is 55.4 Å². The van der Waals surface area contributed by atoms with Gasteiger partial charge in [-0.15, -0.1) is 0 Å². The van der Waals surface area contributed by atoms with E-state index < -0.39 is 6.72 Å². The zero-order valence-corrected chi connectivity index (χ0v) is 9.03. The second-order valence-corrected chi connectivity index (χ2v) is 6.02. The Morgan fingerprint density at radius 2 is 2.09 bits per heavy atom. The van der Waals surface area contributed by atoms with E-state index in [9.17, 15) is 9.36 Å². The van der Waals surface area contributed by atoms with Crippen molar-refractivity contribution in [1.82, 2.24) is 5.09 Å². The zero-order valence-electron chi connectivity index (χ0n) is 6.38. The monoisotopic (exact) mass is 246 g/mol. The molecule has 1 atom stereocenters. The molecule has 1 amide bonds. The predicted octanol–water partition coefficient (Wildman–Crippen LogP) is 1.24. The van der Waals surface area contributed by atoms with E-state index in [1.54, 1.807) is 6.26 Å². The summed E-state index contributed by atoms with van der Waals surface area (Å²) in [6, 6.07) is 0. The van der Waals surface area contributed by atoms with Gasteiger partial charge in [0, 0.05) is 31.1 Å². The summed E-state index contributed by atoms with van der Waals surface area (Å²) in [6.45, 7) is -1.63. The fourth-order valence-electron chi connectivity index (χ4n) is 0.359. The summed E-state index contributed by atoms with van der Waals surface area (Å²) >= 11 is 1.00. The number of hydrogen-bond donors (Lipinski definition) is 1. The van der Waals surface area contributed by atoms with Crippen LogP contribution in [-0.2, 0) is 31.0 Å². The van der Waals surface area contributed by atoms with Gasteiger partial charge in [0.15, 0.2) is 0 Å². The number of hydrogen-bond acceptors (Lipinski definition) is 4. The molecular weight excluding hydrogens is 237 g/mol. The van der Waals surface area contributed by atoms with Gasteiger partial charge in [0.25, 0.3) is 0 Å². The van der Waals surface area contributed by atoms with Crippen molar-refractivity contribution in [3.8, 4) is 0 Å². The van der Waals surface area contributed by atoms with Crippen LogP contribution < -0.4 is 5.09 Å².